The van der Waals surface area contributed by atoms with E-state index < -0.39 is 0 Å². The molecule has 6 heteroatoms. The van der Waals surface area contributed by atoms with Crippen LogP contribution in [0, 0.1) is 9.39 Å². The molecule has 17 heavy (non-hydrogen) atoms. The number of carbonyl (C=O) groups excluding carboxylic acids is 1. The van der Waals surface area contributed by atoms with Crippen molar-refractivity contribution in [3.8, 4) is 0 Å². The predicted octanol–water partition coefficient (Wildman–Crippen LogP) is 1.36. The fraction of sp³-hybridized carbons (Fsp3) is 0.364. The Balaban J connectivity index is 2.04. The second kappa shape index (κ2) is 5.74. The van der Waals surface area contributed by atoms with Crippen LogP contribution in [0.2, 0.25) is 0 Å². The molecule has 4 nitrogen and oxygen atoms in total. The molecular weight excluding hydrogens is 338 g/mol. The molecule has 1 heterocycles. The van der Waals surface area contributed by atoms with Gasteiger partial charge < -0.3 is 15.4 Å². The monoisotopic (exact) mass is 350 g/mol. The van der Waals surface area contributed by atoms with Crippen molar-refractivity contribution in [3.63, 3.8) is 0 Å². The summed E-state index contributed by atoms with van der Waals surface area (Å²) in [5.74, 6) is -0.538. The molecule has 1 aliphatic heterocycles. The van der Waals surface area contributed by atoms with Crippen molar-refractivity contribution in [1.29, 1.82) is 0 Å². The zero-order valence-electron chi connectivity index (χ0n) is 9.00. The molecular formula is C11H12FIN2O2. The first kappa shape index (κ1) is 12.7. The van der Waals surface area contributed by atoms with E-state index in [-0.39, 0.29) is 17.8 Å². The van der Waals surface area contributed by atoms with Crippen LogP contribution in [0.25, 0.3) is 0 Å². The van der Waals surface area contributed by atoms with Gasteiger partial charge in [-0.25, -0.2) is 4.39 Å². The standard InChI is InChI=1S/C11H12FIN2O2/c12-7-2-1-3-8(10(7)13)15-11(16)9-6-17-5-4-14-9/h1-3,9,14H,4-6H2,(H,15,16). The summed E-state index contributed by atoms with van der Waals surface area (Å²) in [6, 6.07) is 4.23. The first-order valence-electron chi connectivity index (χ1n) is 5.24. The van der Waals surface area contributed by atoms with Gasteiger partial charge in [-0.1, -0.05) is 6.07 Å². The molecule has 1 aromatic rings. The fourth-order valence-corrected chi connectivity index (χ4v) is 2.05. The number of hydrogen-bond donors (Lipinski definition) is 2. The third-order valence-electron chi connectivity index (χ3n) is 2.45. The number of carbonyl (C=O) groups is 1. The van der Waals surface area contributed by atoms with Crippen molar-refractivity contribution >= 4 is 34.2 Å². The Morgan fingerprint density at radius 3 is 3.12 bits per heavy atom. The molecule has 1 fully saturated rings. The van der Waals surface area contributed by atoms with Crippen LogP contribution >= 0.6 is 22.6 Å². The Morgan fingerprint density at radius 2 is 2.41 bits per heavy atom. The molecule has 1 saturated heterocycles. The van der Waals surface area contributed by atoms with Crippen LogP contribution in [0.5, 0.6) is 0 Å². The van der Waals surface area contributed by atoms with Crippen molar-refractivity contribution in [2.45, 2.75) is 6.04 Å². The first-order valence-corrected chi connectivity index (χ1v) is 6.32. The lowest BCUT2D eigenvalue weighted by Crippen LogP contribution is -2.48. The summed E-state index contributed by atoms with van der Waals surface area (Å²) >= 11 is 1.87. The Morgan fingerprint density at radius 1 is 1.59 bits per heavy atom. The number of benzene rings is 1. The van der Waals surface area contributed by atoms with Crippen LogP contribution in [-0.2, 0) is 9.53 Å². The third kappa shape index (κ3) is 3.14. The third-order valence-corrected chi connectivity index (χ3v) is 3.54. The van der Waals surface area contributed by atoms with Crippen molar-refractivity contribution in [2.24, 2.45) is 0 Å². The number of ether oxygens (including phenoxy) is 1. The summed E-state index contributed by atoms with van der Waals surface area (Å²) < 4.78 is 18.9. The van der Waals surface area contributed by atoms with Gasteiger partial charge >= 0.3 is 0 Å². The van der Waals surface area contributed by atoms with E-state index in [1.165, 1.54) is 6.07 Å². The molecule has 0 bridgehead atoms. The molecule has 2 rings (SSSR count). The van der Waals surface area contributed by atoms with Gasteiger partial charge in [0.15, 0.2) is 0 Å². The summed E-state index contributed by atoms with van der Waals surface area (Å²) in [4.78, 5) is 11.9. The average Bonchev–Trinajstić information content (AvgIpc) is 2.36. The van der Waals surface area contributed by atoms with Crippen molar-refractivity contribution in [3.05, 3.63) is 27.6 Å². The summed E-state index contributed by atoms with van der Waals surface area (Å²) in [6.07, 6.45) is 0. The number of amides is 1. The molecule has 1 amide bonds. The zero-order valence-corrected chi connectivity index (χ0v) is 11.2. The van der Waals surface area contributed by atoms with Crippen molar-refractivity contribution < 1.29 is 13.9 Å². The molecule has 0 aromatic heterocycles. The van der Waals surface area contributed by atoms with Gasteiger partial charge in [0.2, 0.25) is 5.91 Å². The second-order valence-electron chi connectivity index (χ2n) is 3.67. The molecule has 0 spiro atoms. The Labute approximate surface area is 112 Å². The molecule has 0 saturated carbocycles. The minimum Gasteiger partial charge on any atom is -0.378 e. The lowest BCUT2D eigenvalue weighted by molar-refractivity contribution is -0.120. The summed E-state index contributed by atoms with van der Waals surface area (Å²) in [7, 11) is 0. The van der Waals surface area contributed by atoms with E-state index in [4.69, 9.17) is 4.74 Å². The highest BCUT2D eigenvalue weighted by molar-refractivity contribution is 14.1. The van der Waals surface area contributed by atoms with Crippen LogP contribution < -0.4 is 10.6 Å². The van der Waals surface area contributed by atoms with Crippen LogP contribution in [0.1, 0.15) is 0 Å². The highest BCUT2D eigenvalue weighted by atomic mass is 127. The topological polar surface area (TPSA) is 50.4 Å². The summed E-state index contributed by atoms with van der Waals surface area (Å²) in [6.45, 7) is 1.61. The van der Waals surface area contributed by atoms with Gasteiger partial charge in [-0.15, -0.1) is 0 Å². The molecule has 2 N–H and O–H groups in total. The number of nitrogens with one attached hydrogen (secondary N) is 2. The largest absolute Gasteiger partial charge is 0.378 e. The Kier molecular flexibility index (Phi) is 4.30. The van der Waals surface area contributed by atoms with Crippen molar-refractivity contribution in [1.82, 2.24) is 5.32 Å². The van der Waals surface area contributed by atoms with E-state index in [1.54, 1.807) is 12.1 Å². The lowest BCUT2D eigenvalue weighted by atomic mass is 10.2. The highest BCUT2D eigenvalue weighted by Crippen LogP contribution is 2.21. The molecule has 0 radical (unpaired) electrons. The van der Waals surface area contributed by atoms with Crippen LogP contribution in [0.4, 0.5) is 10.1 Å². The summed E-state index contributed by atoms with van der Waals surface area (Å²) in [5, 5.41) is 5.73. The average molecular weight is 350 g/mol. The fourth-order valence-electron chi connectivity index (χ4n) is 1.55. The lowest BCUT2D eigenvalue weighted by Gasteiger charge is -2.23. The minimum atomic E-state index is -0.372. The van der Waals surface area contributed by atoms with E-state index in [9.17, 15) is 9.18 Å². The van der Waals surface area contributed by atoms with E-state index in [0.29, 0.717) is 29.0 Å². The predicted molar refractivity (Wildman–Crippen MR) is 70.4 cm³/mol. The van der Waals surface area contributed by atoms with Crippen LogP contribution in [-0.4, -0.2) is 31.7 Å². The maximum atomic E-state index is 13.3. The molecule has 1 aromatic carbocycles. The van der Waals surface area contributed by atoms with Crippen molar-refractivity contribution in [2.75, 3.05) is 25.1 Å². The van der Waals surface area contributed by atoms with Gasteiger partial charge in [-0.3, -0.25) is 4.79 Å². The maximum absolute atomic E-state index is 13.3. The highest BCUT2D eigenvalue weighted by Gasteiger charge is 2.21. The molecule has 1 unspecified atom stereocenters. The SMILES string of the molecule is O=C(Nc1cccc(F)c1I)C1COCCN1. The Bertz CT molecular complexity index is 422. The minimum absolute atomic E-state index is 0.201. The van der Waals surface area contributed by atoms with E-state index >= 15 is 0 Å². The molecule has 1 atom stereocenters. The summed E-state index contributed by atoms with van der Waals surface area (Å²) in [5.41, 5.74) is 0.489. The van der Waals surface area contributed by atoms with Gasteiger partial charge in [0.1, 0.15) is 11.9 Å². The maximum Gasteiger partial charge on any atom is 0.243 e. The number of rotatable bonds is 2. The normalized spacial score (nSPS) is 20.0. The zero-order chi connectivity index (χ0) is 12.3. The van der Waals surface area contributed by atoms with E-state index in [2.05, 4.69) is 10.6 Å². The van der Waals surface area contributed by atoms with Gasteiger partial charge in [0, 0.05) is 6.54 Å². The number of anilines is 1. The molecule has 0 aliphatic carbocycles. The van der Waals surface area contributed by atoms with Crippen LogP contribution in [0.15, 0.2) is 18.2 Å². The molecule has 1 aliphatic rings. The van der Waals surface area contributed by atoms with Gasteiger partial charge in [-0.2, -0.15) is 0 Å². The van der Waals surface area contributed by atoms with Gasteiger partial charge in [0.25, 0.3) is 0 Å². The van der Waals surface area contributed by atoms with E-state index in [1.807, 2.05) is 22.6 Å². The van der Waals surface area contributed by atoms with E-state index in [0.717, 1.165) is 0 Å². The van der Waals surface area contributed by atoms with Gasteiger partial charge in [-0.05, 0) is 34.7 Å². The second-order valence-corrected chi connectivity index (χ2v) is 4.75. The number of hydrogen-bond acceptors (Lipinski definition) is 3. The number of morpholine rings is 1. The van der Waals surface area contributed by atoms with Crippen LogP contribution in [0.3, 0.4) is 0 Å². The Hall–Kier alpha value is -0.730. The number of halogens is 2. The smallest absolute Gasteiger partial charge is 0.243 e. The molecule has 92 valence electrons. The first-order chi connectivity index (χ1) is 8.18. The van der Waals surface area contributed by atoms with Gasteiger partial charge in [0.05, 0.1) is 22.5 Å². The quantitative estimate of drug-likeness (QED) is 0.792.